The number of thiazole rings is 1. The van der Waals surface area contributed by atoms with Gasteiger partial charge in [0.2, 0.25) is 0 Å². The van der Waals surface area contributed by atoms with Gasteiger partial charge in [-0.1, -0.05) is 18.5 Å². The molecule has 0 aliphatic rings. The molecular weight excluding hydrogens is 280 g/mol. The molecule has 0 spiro atoms. The molecule has 2 aromatic rings. The molecule has 0 bridgehead atoms. The average Bonchev–Trinajstić information content (AvgIpc) is 2.78. The van der Waals surface area contributed by atoms with Crippen molar-refractivity contribution in [2.24, 2.45) is 0 Å². The van der Waals surface area contributed by atoms with Gasteiger partial charge in [0.1, 0.15) is 16.8 Å². The van der Waals surface area contributed by atoms with Crippen LogP contribution in [0.25, 0.3) is 0 Å². The van der Waals surface area contributed by atoms with Crippen LogP contribution in [0.2, 0.25) is 5.15 Å². The largest absolute Gasteiger partial charge is 0.354 e. The van der Waals surface area contributed by atoms with Crippen LogP contribution in [-0.4, -0.2) is 22.0 Å². The second kappa shape index (κ2) is 5.84. The Balaban J connectivity index is 2.30. The van der Waals surface area contributed by atoms with Gasteiger partial charge in [-0.3, -0.25) is 0 Å². The van der Waals surface area contributed by atoms with Crippen molar-refractivity contribution in [3.8, 4) is 0 Å². The number of halogens is 1. The third-order valence-corrected chi connectivity index (χ3v) is 4.30. The predicted molar refractivity (Wildman–Crippen MR) is 80.1 cm³/mol. The highest BCUT2D eigenvalue weighted by molar-refractivity contribution is 7.09. The average molecular weight is 297 g/mol. The summed E-state index contributed by atoms with van der Waals surface area (Å²) in [7, 11) is 2.02. The third kappa shape index (κ3) is 3.04. The lowest BCUT2D eigenvalue weighted by atomic mass is 10.3. The van der Waals surface area contributed by atoms with Crippen LogP contribution >= 0.6 is 22.9 Å². The maximum absolute atomic E-state index is 6.17. The minimum atomic E-state index is 0.537. The van der Waals surface area contributed by atoms with E-state index in [4.69, 9.17) is 11.6 Å². The van der Waals surface area contributed by atoms with Crippen molar-refractivity contribution in [2.75, 3.05) is 11.9 Å². The van der Waals surface area contributed by atoms with E-state index in [-0.39, 0.29) is 0 Å². The van der Waals surface area contributed by atoms with Gasteiger partial charge >= 0.3 is 0 Å². The molecule has 2 heterocycles. The van der Waals surface area contributed by atoms with Crippen molar-refractivity contribution in [3.63, 3.8) is 0 Å². The van der Waals surface area contributed by atoms with E-state index in [9.17, 15) is 0 Å². The van der Waals surface area contributed by atoms with Crippen molar-refractivity contribution < 1.29 is 0 Å². The molecule has 0 aromatic carbocycles. The number of nitrogens with zero attached hydrogens (tertiary/aromatic N) is 4. The molecule has 0 saturated carbocycles. The SMILES string of the molecule is CCc1nc(Cl)c(C)c(N(C)Cc2scnc2C)n1. The van der Waals surface area contributed by atoms with Gasteiger partial charge in [-0.2, -0.15) is 0 Å². The summed E-state index contributed by atoms with van der Waals surface area (Å²) < 4.78 is 0. The molecule has 102 valence electrons. The predicted octanol–water partition coefficient (Wildman–Crippen LogP) is 3.40. The Hall–Kier alpha value is -1.20. The summed E-state index contributed by atoms with van der Waals surface area (Å²) in [6, 6.07) is 0. The summed E-state index contributed by atoms with van der Waals surface area (Å²) in [5.41, 5.74) is 3.87. The lowest BCUT2D eigenvalue weighted by Gasteiger charge is -2.20. The van der Waals surface area contributed by atoms with E-state index in [1.54, 1.807) is 11.3 Å². The highest BCUT2D eigenvalue weighted by atomic mass is 35.5. The fourth-order valence-electron chi connectivity index (χ4n) is 1.82. The number of aryl methyl sites for hydroxylation is 2. The van der Waals surface area contributed by atoms with Gasteiger partial charge in [0.25, 0.3) is 0 Å². The monoisotopic (exact) mass is 296 g/mol. The molecule has 0 amide bonds. The summed E-state index contributed by atoms with van der Waals surface area (Å²) in [6.45, 7) is 6.79. The number of rotatable bonds is 4. The third-order valence-electron chi connectivity index (χ3n) is 3.01. The normalized spacial score (nSPS) is 10.8. The molecule has 0 saturated heterocycles. The highest BCUT2D eigenvalue weighted by Crippen LogP contribution is 2.25. The highest BCUT2D eigenvalue weighted by Gasteiger charge is 2.14. The van der Waals surface area contributed by atoms with E-state index in [0.717, 1.165) is 35.9 Å². The first-order valence-corrected chi connectivity index (χ1v) is 7.41. The van der Waals surface area contributed by atoms with E-state index in [0.29, 0.717) is 5.15 Å². The Morgan fingerprint density at radius 3 is 2.63 bits per heavy atom. The molecule has 6 heteroatoms. The van der Waals surface area contributed by atoms with E-state index < -0.39 is 0 Å². The van der Waals surface area contributed by atoms with E-state index in [2.05, 4.69) is 19.9 Å². The lowest BCUT2D eigenvalue weighted by molar-refractivity contribution is 0.851. The maximum atomic E-state index is 6.17. The number of anilines is 1. The van der Waals surface area contributed by atoms with Crippen LogP contribution in [0.4, 0.5) is 5.82 Å². The van der Waals surface area contributed by atoms with Crippen molar-refractivity contribution in [1.82, 2.24) is 15.0 Å². The molecular formula is C13H17ClN4S. The molecule has 2 aromatic heterocycles. The molecule has 2 rings (SSSR count). The first kappa shape index (κ1) is 14.2. The number of aromatic nitrogens is 3. The Bertz CT molecular complexity index is 582. The van der Waals surface area contributed by atoms with Gasteiger partial charge in [-0.25, -0.2) is 15.0 Å². The maximum Gasteiger partial charge on any atom is 0.137 e. The van der Waals surface area contributed by atoms with Crippen LogP contribution in [0, 0.1) is 13.8 Å². The molecule has 4 nitrogen and oxygen atoms in total. The van der Waals surface area contributed by atoms with Crippen molar-refractivity contribution in [3.05, 3.63) is 32.6 Å². The molecule has 0 aliphatic carbocycles. The van der Waals surface area contributed by atoms with Crippen LogP contribution in [0.5, 0.6) is 0 Å². The van der Waals surface area contributed by atoms with Crippen LogP contribution < -0.4 is 4.90 Å². The first-order chi connectivity index (χ1) is 9.02. The number of hydrogen-bond acceptors (Lipinski definition) is 5. The lowest BCUT2D eigenvalue weighted by Crippen LogP contribution is -2.20. The standard InChI is InChI=1S/C13H17ClN4S/c1-5-11-16-12(14)8(2)13(17-11)18(4)6-10-9(3)15-7-19-10/h7H,5-6H2,1-4H3. The zero-order valence-electron chi connectivity index (χ0n) is 11.6. The summed E-state index contributed by atoms with van der Waals surface area (Å²) in [5.74, 6) is 1.67. The zero-order valence-corrected chi connectivity index (χ0v) is 13.1. The molecule has 0 fully saturated rings. The van der Waals surface area contributed by atoms with Crippen LogP contribution in [0.1, 0.15) is 28.9 Å². The summed E-state index contributed by atoms with van der Waals surface area (Å²) >= 11 is 7.83. The Kier molecular flexibility index (Phi) is 4.37. The minimum Gasteiger partial charge on any atom is -0.354 e. The van der Waals surface area contributed by atoms with Crippen LogP contribution in [0.15, 0.2) is 5.51 Å². The minimum absolute atomic E-state index is 0.537. The van der Waals surface area contributed by atoms with Gasteiger partial charge in [0.05, 0.1) is 17.7 Å². The van der Waals surface area contributed by atoms with Crippen LogP contribution in [-0.2, 0) is 13.0 Å². The fourth-order valence-corrected chi connectivity index (χ4v) is 2.83. The summed E-state index contributed by atoms with van der Waals surface area (Å²) in [4.78, 5) is 16.5. The first-order valence-electron chi connectivity index (χ1n) is 6.16. The van der Waals surface area contributed by atoms with Crippen LogP contribution in [0.3, 0.4) is 0 Å². The van der Waals surface area contributed by atoms with Gasteiger partial charge in [0, 0.05) is 23.9 Å². The van der Waals surface area contributed by atoms with Crippen molar-refractivity contribution in [1.29, 1.82) is 0 Å². The van der Waals surface area contributed by atoms with Gasteiger partial charge in [-0.15, -0.1) is 11.3 Å². The molecule has 0 radical (unpaired) electrons. The van der Waals surface area contributed by atoms with E-state index in [1.165, 1.54) is 4.88 Å². The van der Waals surface area contributed by atoms with Gasteiger partial charge < -0.3 is 4.90 Å². The zero-order chi connectivity index (χ0) is 14.0. The molecule has 0 unspecified atom stereocenters. The summed E-state index contributed by atoms with van der Waals surface area (Å²) in [6.07, 6.45) is 0.778. The Labute approximate surface area is 122 Å². The smallest absolute Gasteiger partial charge is 0.137 e. The topological polar surface area (TPSA) is 41.9 Å². The summed E-state index contributed by atoms with van der Waals surface area (Å²) in [5, 5.41) is 0.537. The Morgan fingerprint density at radius 2 is 2.05 bits per heavy atom. The molecule has 0 N–H and O–H groups in total. The van der Waals surface area contributed by atoms with Gasteiger partial charge in [-0.05, 0) is 13.8 Å². The second-order valence-corrected chi connectivity index (χ2v) is 5.75. The quantitative estimate of drug-likeness (QED) is 0.811. The van der Waals surface area contributed by atoms with Crippen molar-refractivity contribution in [2.45, 2.75) is 33.7 Å². The number of hydrogen-bond donors (Lipinski definition) is 0. The molecule has 0 atom stereocenters. The van der Waals surface area contributed by atoms with E-state index in [1.807, 2.05) is 33.3 Å². The molecule has 0 aliphatic heterocycles. The Morgan fingerprint density at radius 1 is 1.32 bits per heavy atom. The second-order valence-electron chi connectivity index (χ2n) is 4.45. The fraction of sp³-hybridized carbons (Fsp3) is 0.462. The van der Waals surface area contributed by atoms with Gasteiger partial charge in [0.15, 0.2) is 0 Å². The molecule has 19 heavy (non-hydrogen) atoms. The van der Waals surface area contributed by atoms with Crippen molar-refractivity contribution >= 4 is 28.8 Å². The van der Waals surface area contributed by atoms with E-state index >= 15 is 0 Å².